The molecule has 5 heterocycles. The molecule has 2 amide bonds. The van der Waals surface area contributed by atoms with Gasteiger partial charge in [0.15, 0.2) is 26.4 Å². The smallest absolute Gasteiger partial charge is 0.344 e. The minimum Gasteiger partial charge on any atom is -0.482 e. The lowest BCUT2D eigenvalue weighted by Gasteiger charge is -2.39. The predicted octanol–water partition coefficient (Wildman–Crippen LogP) is 9.51. The minimum absolute atomic E-state index is 0.103. The van der Waals surface area contributed by atoms with Gasteiger partial charge in [-0.15, -0.1) is 0 Å². The largest absolute Gasteiger partial charge is 0.482 e. The molecule has 20 heteroatoms. The van der Waals surface area contributed by atoms with Crippen LogP contribution in [0.2, 0.25) is 0 Å². The van der Waals surface area contributed by atoms with E-state index in [1.165, 1.54) is 0 Å². The summed E-state index contributed by atoms with van der Waals surface area (Å²) in [6, 6.07) is 28.8. The zero-order valence-electron chi connectivity index (χ0n) is 47.4. The van der Waals surface area contributed by atoms with Gasteiger partial charge < -0.3 is 67.5 Å². The van der Waals surface area contributed by atoms with Crippen molar-refractivity contribution in [3.05, 3.63) is 142 Å². The number of rotatable bonds is 16. The van der Waals surface area contributed by atoms with Crippen LogP contribution in [-0.4, -0.2) is 101 Å². The molecule has 8 aromatic carbocycles. The Morgan fingerprint density at radius 1 is 0.384 bits per heavy atom. The fraction of sp³-hybridized carbons (Fsp3) is 0.303. The Morgan fingerprint density at radius 2 is 0.663 bits per heavy atom. The molecule has 13 rings (SSSR count). The Labute approximate surface area is 491 Å². The molecule has 0 radical (unpaired) electrons. The molecule has 0 aliphatic carbocycles. The molecule has 0 atom stereocenters. The Kier molecular flexibility index (Phi) is 14.7. The molecule has 8 aromatic rings. The van der Waals surface area contributed by atoms with Gasteiger partial charge in [0, 0.05) is 71.1 Å². The van der Waals surface area contributed by atoms with E-state index in [0.717, 1.165) is 33.0 Å². The zero-order valence-corrected chi connectivity index (χ0v) is 47.4. The van der Waals surface area contributed by atoms with E-state index in [-0.39, 0.29) is 68.1 Å². The summed E-state index contributed by atoms with van der Waals surface area (Å²) in [5.74, 6) is -1.43. The van der Waals surface area contributed by atoms with E-state index in [2.05, 4.69) is 10.6 Å². The molecule has 440 valence electrons. The van der Waals surface area contributed by atoms with Gasteiger partial charge in [-0.2, -0.15) is 0 Å². The molecule has 5 aliphatic heterocycles. The van der Waals surface area contributed by atoms with Gasteiger partial charge in [-0.3, -0.25) is 9.59 Å². The Hall–Kier alpha value is -9.98. The number of nitrogens with one attached hydrogen (secondary N) is 2. The second-order valence-corrected chi connectivity index (χ2v) is 20.9. The lowest BCUT2D eigenvalue weighted by molar-refractivity contribution is -0.146. The molecule has 0 aromatic heterocycles. The fourth-order valence-electron chi connectivity index (χ4n) is 12.7. The van der Waals surface area contributed by atoms with Crippen molar-refractivity contribution in [2.75, 3.05) is 52.9 Å². The highest BCUT2D eigenvalue weighted by Gasteiger charge is 2.42. The monoisotopic (exact) mass is 1170 g/mol. The van der Waals surface area contributed by atoms with Crippen LogP contribution in [0.3, 0.4) is 0 Å². The van der Waals surface area contributed by atoms with E-state index >= 15 is 9.59 Å². The number of carbonyl (C=O) groups is 6. The van der Waals surface area contributed by atoms with Crippen molar-refractivity contribution in [1.29, 1.82) is 0 Å². The molecule has 0 fully saturated rings. The second-order valence-electron chi connectivity index (χ2n) is 20.9. The fourth-order valence-corrected chi connectivity index (χ4v) is 12.7. The summed E-state index contributed by atoms with van der Waals surface area (Å²) in [6.45, 7) is 5.26. The van der Waals surface area contributed by atoms with Gasteiger partial charge >= 0.3 is 23.9 Å². The van der Waals surface area contributed by atoms with Gasteiger partial charge in [-0.05, 0) is 131 Å². The van der Waals surface area contributed by atoms with Gasteiger partial charge in [0.25, 0.3) is 11.8 Å². The number of fused-ring (bicyclic) bond motifs is 2. The Morgan fingerprint density at radius 3 is 0.988 bits per heavy atom. The summed E-state index contributed by atoms with van der Waals surface area (Å²) < 4.78 is 72.1. The highest BCUT2D eigenvalue weighted by molar-refractivity contribution is 6.13. The summed E-state index contributed by atoms with van der Waals surface area (Å²) in [5.41, 5.74) is 4.41. The maximum Gasteiger partial charge on any atom is 0.344 e. The maximum absolute atomic E-state index is 15.4. The van der Waals surface area contributed by atoms with Crippen LogP contribution in [0.25, 0.3) is 43.1 Å². The number of amides is 2. The number of hydrogen-bond donors (Lipinski definition) is 2. The van der Waals surface area contributed by atoms with Gasteiger partial charge in [0.2, 0.25) is 12.6 Å². The molecule has 0 saturated heterocycles. The van der Waals surface area contributed by atoms with E-state index in [1.807, 2.05) is 48.5 Å². The maximum atomic E-state index is 15.4. The summed E-state index contributed by atoms with van der Waals surface area (Å²) in [4.78, 5) is 82.4. The number of benzene rings is 8. The van der Waals surface area contributed by atoms with Gasteiger partial charge in [0.1, 0.15) is 46.0 Å². The van der Waals surface area contributed by atoms with Crippen molar-refractivity contribution in [3.63, 3.8) is 0 Å². The average molecular weight is 1170 g/mol. The number of esters is 4. The van der Waals surface area contributed by atoms with Crippen LogP contribution in [0.4, 0.5) is 0 Å². The molecule has 0 unspecified atom stereocenters. The first kappa shape index (κ1) is 55.2. The molecule has 20 nitrogen and oxygen atoms in total. The Balaban J connectivity index is 1.04. The normalized spacial score (nSPS) is 17.6. The lowest BCUT2D eigenvalue weighted by atomic mass is 9.78. The first-order chi connectivity index (χ1) is 41.9. The highest BCUT2D eigenvalue weighted by atomic mass is 16.7. The number of hydrogen-bond acceptors (Lipinski definition) is 18. The standard InChI is InChI=1S/C66H58N2O18/c1-5-75-53(69)29-79-45-17-11-35-33-9-21-49-59(35)41-25-57(83-49)84-50-22-10-34-36(60(41)50)12-18-46(80-30-54(70)76-6-2)44(34)28-68-66(74)64-40-16-24-52-62(38(40)14-20-48(64)82-32-56(72)78-8-4)42-26-58(86-52)85-51-23-15-39-37(61(42)51)13-19-47(81-31-55(71)77-7-3)63(39)65(73)67-27-43(33)45/h9-24,41-42,57-58H,5-8,25-32H2,1-4H3,(H,67,73)(H,68,74). The molecule has 86 heavy (non-hydrogen) atoms. The van der Waals surface area contributed by atoms with Crippen LogP contribution in [0, 0.1) is 0 Å². The molecular weight excluding hydrogens is 1110 g/mol. The Bertz CT molecular complexity index is 3900. The summed E-state index contributed by atoms with van der Waals surface area (Å²) in [7, 11) is 0. The van der Waals surface area contributed by atoms with Crippen LogP contribution < -0.4 is 48.5 Å². The van der Waals surface area contributed by atoms with E-state index in [1.54, 1.807) is 76.2 Å². The second kappa shape index (κ2) is 22.9. The third kappa shape index (κ3) is 9.86. The number of ether oxygens (including phenoxy) is 12. The molecule has 0 saturated carbocycles. The summed E-state index contributed by atoms with van der Waals surface area (Å²) in [6.07, 6.45) is -0.638. The first-order valence-electron chi connectivity index (χ1n) is 28.7. The topological polar surface area (TPSA) is 237 Å². The van der Waals surface area contributed by atoms with E-state index < -0.39 is 80.6 Å². The van der Waals surface area contributed by atoms with Crippen molar-refractivity contribution < 1.29 is 85.6 Å². The molecule has 5 aliphatic rings. The van der Waals surface area contributed by atoms with Gasteiger partial charge in [0.05, 0.1) is 37.6 Å². The van der Waals surface area contributed by atoms with Crippen LogP contribution >= 0.6 is 0 Å². The summed E-state index contributed by atoms with van der Waals surface area (Å²) >= 11 is 0. The third-order valence-corrected chi connectivity index (χ3v) is 16.1. The predicted molar refractivity (Wildman–Crippen MR) is 310 cm³/mol. The molecule has 2 N–H and O–H groups in total. The van der Waals surface area contributed by atoms with Crippen molar-refractivity contribution >= 4 is 78.8 Å². The van der Waals surface area contributed by atoms with Crippen molar-refractivity contribution in [2.24, 2.45) is 0 Å². The van der Waals surface area contributed by atoms with E-state index in [4.69, 9.17) is 56.8 Å². The quantitative estimate of drug-likeness (QED) is 0.0676. The zero-order chi connectivity index (χ0) is 59.3. The van der Waals surface area contributed by atoms with Crippen molar-refractivity contribution in [3.8, 4) is 46.0 Å². The van der Waals surface area contributed by atoms with E-state index in [0.29, 0.717) is 90.8 Å². The molecule has 0 spiro atoms. The van der Waals surface area contributed by atoms with Crippen molar-refractivity contribution in [1.82, 2.24) is 10.6 Å². The van der Waals surface area contributed by atoms with Crippen molar-refractivity contribution in [2.45, 2.75) is 78.0 Å². The summed E-state index contributed by atoms with van der Waals surface area (Å²) in [5, 5.41) is 11.4. The third-order valence-electron chi connectivity index (χ3n) is 16.1. The number of carbonyl (C=O) groups excluding carboxylic acids is 6. The van der Waals surface area contributed by atoms with E-state index in [9.17, 15) is 19.2 Å². The lowest BCUT2D eigenvalue weighted by Crippen LogP contribution is -2.35. The van der Waals surface area contributed by atoms with Crippen LogP contribution in [0.15, 0.2) is 97.1 Å². The van der Waals surface area contributed by atoms with Crippen LogP contribution in [0.5, 0.6) is 46.0 Å². The SMILES string of the molecule is CCOC(=O)COc1ccc2c3c4ccc2c1CNC(=O)c1c(OCC(=O)OCC)ccc2c5c(ccc12)OC1CC5c2c(ccc5c(c(OCC(=O)OCC)ccc25)C(=O)NCc2c(OCC(=O)OCC)ccc5c6c(ccc25)OC(CC36)O4)O1. The first-order valence-corrected chi connectivity index (χ1v) is 28.7. The van der Waals surface area contributed by atoms with Gasteiger partial charge in [-0.1, -0.05) is 36.4 Å². The highest BCUT2D eigenvalue weighted by Crippen LogP contribution is 2.55. The van der Waals surface area contributed by atoms with Crippen LogP contribution in [0.1, 0.15) is 106 Å². The minimum atomic E-state index is -0.709. The van der Waals surface area contributed by atoms with Crippen LogP contribution in [-0.2, 0) is 51.2 Å². The molecular formula is C66H58N2O18. The average Bonchev–Trinajstić information content (AvgIpc) is 1.03. The molecule has 20 bridgehead atoms. The van der Waals surface area contributed by atoms with Gasteiger partial charge in [-0.25, -0.2) is 19.2 Å².